The Labute approximate surface area is 194 Å². The minimum absolute atomic E-state index is 0.0236. The molecule has 2 N–H and O–H groups in total. The Morgan fingerprint density at radius 2 is 1.97 bits per heavy atom. The van der Waals surface area contributed by atoms with Crippen molar-refractivity contribution >= 4 is 23.0 Å². The molecule has 2 aromatic carbocycles. The van der Waals surface area contributed by atoms with Gasteiger partial charge in [0.1, 0.15) is 11.5 Å². The number of allylic oxidation sites excluding steroid dienone is 2. The van der Waals surface area contributed by atoms with E-state index < -0.39 is 5.82 Å². The Kier molecular flexibility index (Phi) is 6.42. The molecule has 0 fully saturated rings. The molecular formula is C25H19ClFN5O. The fourth-order valence-electron chi connectivity index (χ4n) is 3.16. The molecule has 6 nitrogen and oxygen atoms in total. The number of rotatable bonds is 5. The average molecular weight is 460 g/mol. The molecular weight excluding hydrogens is 441 g/mol. The van der Waals surface area contributed by atoms with Crippen molar-refractivity contribution in [3.05, 3.63) is 118 Å². The molecule has 0 aliphatic rings. The number of aliphatic imine (C=N–C) groups is 1. The number of aromatic nitrogens is 3. The van der Waals surface area contributed by atoms with E-state index in [2.05, 4.69) is 15.1 Å². The van der Waals surface area contributed by atoms with Crippen molar-refractivity contribution in [2.24, 2.45) is 10.7 Å². The van der Waals surface area contributed by atoms with Crippen molar-refractivity contribution in [1.82, 2.24) is 14.8 Å². The van der Waals surface area contributed by atoms with Crippen LogP contribution in [0, 0.1) is 5.82 Å². The van der Waals surface area contributed by atoms with Gasteiger partial charge in [0.2, 0.25) is 5.43 Å². The fourth-order valence-corrected chi connectivity index (χ4v) is 3.34. The van der Waals surface area contributed by atoms with Gasteiger partial charge in [-0.1, -0.05) is 29.8 Å². The quantitative estimate of drug-likeness (QED) is 0.422. The first-order chi connectivity index (χ1) is 15.9. The molecule has 0 aliphatic heterocycles. The predicted molar refractivity (Wildman–Crippen MR) is 129 cm³/mol. The fraction of sp³-hybridized carbons (Fsp3) is 0.0400. The van der Waals surface area contributed by atoms with Gasteiger partial charge in [-0.15, -0.1) is 0 Å². The third kappa shape index (κ3) is 5.22. The highest BCUT2D eigenvalue weighted by Gasteiger charge is 2.13. The number of nitrogens with two attached hydrogens (primary N) is 1. The van der Waals surface area contributed by atoms with Gasteiger partial charge in [0, 0.05) is 34.7 Å². The summed E-state index contributed by atoms with van der Waals surface area (Å²) in [6.45, 7) is 1.67. The van der Waals surface area contributed by atoms with E-state index in [1.807, 2.05) is 6.07 Å². The van der Waals surface area contributed by atoms with Crippen LogP contribution in [0.3, 0.4) is 0 Å². The number of benzene rings is 2. The molecule has 2 aromatic heterocycles. The van der Waals surface area contributed by atoms with E-state index in [4.69, 9.17) is 17.3 Å². The molecule has 0 saturated heterocycles. The highest BCUT2D eigenvalue weighted by molar-refractivity contribution is 6.30. The lowest BCUT2D eigenvalue weighted by molar-refractivity contribution is 0.608. The molecule has 8 heteroatoms. The van der Waals surface area contributed by atoms with E-state index in [1.54, 1.807) is 61.7 Å². The van der Waals surface area contributed by atoms with Crippen molar-refractivity contribution in [2.75, 3.05) is 0 Å². The lowest BCUT2D eigenvalue weighted by Gasteiger charge is -2.10. The summed E-state index contributed by atoms with van der Waals surface area (Å²) < 4.78 is 16.3. The number of hydrogen-bond donors (Lipinski definition) is 1. The average Bonchev–Trinajstić information content (AvgIpc) is 2.79. The van der Waals surface area contributed by atoms with Gasteiger partial charge in [0.25, 0.3) is 0 Å². The van der Waals surface area contributed by atoms with Crippen LogP contribution in [0.2, 0.25) is 5.02 Å². The molecule has 0 saturated carbocycles. The Morgan fingerprint density at radius 1 is 1.12 bits per heavy atom. The number of halogens is 2. The highest BCUT2D eigenvalue weighted by atomic mass is 35.5. The Bertz CT molecular complexity index is 1430. The molecule has 0 radical (unpaired) electrons. The normalized spacial score (nSPS) is 12.1. The van der Waals surface area contributed by atoms with Gasteiger partial charge in [-0.05, 0) is 55.5 Å². The predicted octanol–water partition coefficient (Wildman–Crippen LogP) is 5.07. The first-order valence-electron chi connectivity index (χ1n) is 10.0. The van der Waals surface area contributed by atoms with Crippen LogP contribution in [0.25, 0.3) is 16.9 Å². The van der Waals surface area contributed by atoms with E-state index >= 15 is 4.39 Å². The molecule has 0 spiro atoms. The second kappa shape index (κ2) is 9.58. The Balaban J connectivity index is 1.80. The number of hydrogen-bond acceptors (Lipinski definition) is 5. The molecule has 33 heavy (non-hydrogen) atoms. The molecule has 164 valence electrons. The maximum absolute atomic E-state index is 15.0. The molecule has 0 unspecified atom stereocenters. The largest absolute Gasteiger partial charge is 0.402 e. The van der Waals surface area contributed by atoms with Crippen LogP contribution in [-0.2, 0) is 0 Å². The Hall–Kier alpha value is -4.10. The first-order valence-corrected chi connectivity index (χ1v) is 10.4. The van der Waals surface area contributed by atoms with Gasteiger partial charge in [-0.25, -0.2) is 14.1 Å². The second-order valence-electron chi connectivity index (χ2n) is 7.22. The summed E-state index contributed by atoms with van der Waals surface area (Å²) in [5, 5.41) is 4.86. The molecule has 0 bridgehead atoms. The minimum Gasteiger partial charge on any atom is -0.402 e. The van der Waals surface area contributed by atoms with Crippen LogP contribution < -0.4 is 11.2 Å². The maximum atomic E-state index is 15.0. The molecule has 4 aromatic rings. The summed E-state index contributed by atoms with van der Waals surface area (Å²) in [5.41, 5.74) is 8.15. The molecule has 0 amide bonds. The zero-order chi connectivity index (χ0) is 23.4. The minimum atomic E-state index is -0.515. The van der Waals surface area contributed by atoms with Crippen LogP contribution in [0.4, 0.5) is 10.1 Å². The smallest absolute Gasteiger partial charge is 0.209 e. The summed E-state index contributed by atoms with van der Waals surface area (Å²) in [7, 11) is 0. The van der Waals surface area contributed by atoms with E-state index in [0.717, 1.165) is 0 Å². The van der Waals surface area contributed by atoms with Crippen molar-refractivity contribution in [3.63, 3.8) is 0 Å². The lowest BCUT2D eigenvalue weighted by Crippen LogP contribution is -2.21. The van der Waals surface area contributed by atoms with Crippen LogP contribution in [0.5, 0.6) is 0 Å². The monoisotopic (exact) mass is 459 g/mol. The van der Waals surface area contributed by atoms with Crippen LogP contribution in [0.1, 0.15) is 12.6 Å². The molecule has 2 heterocycles. The van der Waals surface area contributed by atoms with Crippen LogP contribution >= 0.6 is 11.6 Å². The third-order valence-electron chi connectivity index (χ3n) is 4.63. The maximum Gasteiger partial charge on any atom is 0.209 e. The zero-order valence-corrected chi connectivity index (χ0v) is 18.4. The van der Waals surface area contributed by atoms with Gasteiger partial charge in [0.05, 0.1) is 17.1 Å². The third-order valence-corrected chi connectivity index (χ3v) is 4.86. The lowest BCUT2D eigenvalue weighted by atomic mass is 10.1. The standard InChI is InChI=1S/C25H19ClFN5O/c1-16(28)13-22(30-19-6-4-5-18(26)15-19)25-24(33)10-12-32(31-25)23-9-8-17(14-20(23)27)21-7-2-3-11-29-21/h2-15H,28H2,1H3. The van der Waals surface area contributed by atoms with Gasteiger partial charge < -0.3 is 5.73 Å². The van der Waals surface area contributed by atoms with Gasteiger partial charge in [-0.2, -0.15) is 5.10 Å². The van der Waals surface area contributed by atoms with Gasteiger partial charge in [0.15, 0.2) is 5.69 Å². The van der Waals surface area contributed by atoms with Crippen molar-refractivity contribution in [1.29, 1.82) is 0 Å². The van der Waals surface area contributed by atoms with Crippen molar-refractivity contribution in [2.45, 2.75) is 6.92 Å². The van der Waals surface area contributed by atoms with Crippen LogP contribution in [0.15, 0.2) is 101 Å². The summed E-state index contributed by atoms with van der Waals surface area (Å²) >= 11 is 6.05. The van der Waals surface area contributed by atoms with Crippen molar-refractivity contribution in [3.8, 4) is 16.9 Å². The van der Waals surface area contributed by atoms with Crippen molar-refractivity contribution < 1.29 is 4.39 Å². The topological polar surface area (TPSA) is 86.2 Å². The number of nitrogens with zero attached hydrogens (tertiary/aromatic N) is 4. The first kappa shape index (κ1) is 22.1. The second-order valence-corrected chi connectivity index (χ2v) is 7.66. The van der Waals surface area contributed by atoms with E-state index in [1.165, 1.54) is 29.1 Å². The summed E-state index contributed by atoms with van der Waals surface area (Å²) in [6, 6.07) is 18.3. The number of pyridine rings is 1. The summed E-state index contributed by atoms with van der Waals surface area (Å²) in [4.78, 5) is 21.4. The van der Waals surface area contributed by atoms with E-state index in [-0.39, 0.29) is 22.5 Å². The SMILES string of the molecule is CC(N)=CC(=Nc1cccc(Cl)c1)c1nn(-c2ccc(-c3ccccn3)cc2F)ccc1=O. The van der Waals surface area contributed by atoms with E-state index in [9.17, 15) is 4.79 Å². The van der Waals surface area contributed by atoms with Crippen LogP contribution in [-0.4, -0.2) is 20.5 Å². The molecule has 4 rings (SSSR count). The summed E-state index contributed by atoms with van der Waals surface area (Å²) in [5.74, 6) is -0.515. The molecule has 0 aliphatic carbocycles. The molecule has 0 atom stereocenters. The van der Waals surface area contributed by atoms with Gasteiger partial charge >= 0.3 is 0 Å². The Morgan fingerprint density at radius 3 is 2.67 bits per heavy atom. The summed E-state index contributed by atoms with van der Waals surface area (Å²) in [6.07, 6.45) is 4.58. The van der Waals surface area contributed by atoms with Gasteiger partial charge in [-0.3, -0.25) is 9.78 Å². The highest BCUT2D eigenvalue weighted by Crippen LogP contribution is 2.22. The zero-order valence-electron chi connectivity index (χ0n) is 17.6. The van der Waals surface area contributed by atoms with E-state index in [0.29, 0.717) is 27.7 Å².